The van der Waals surface area contributed by atoms with Crippen LogP contribution in [0.5, 0.6) is 11.5 Å². The number of carbonyl (C=O) groups excluding carboxylic acids is 1. The smallest absolute Gasteiger partial charge is 0.191 e. The molecule has 3 rings (SSSR count). The van der Waals surface area contributed by atoms with Gasteiger partial charge in [0.05, 0.1) is 16.5 Å². The van der Waals surface area contributed by atoms with E-state index in [1.807, 2.05) is 6.07 Å². The van der Waals surface area contributed by atoms with E-state index in [0.717, 1.165) is 0 Å². The number of hydrogen-bond acceptors (Lipinski definition) is 7. The van der Waals surface area contributed by atoms with Crippen LogP contribution >= 0.6 is 0 Å². The second kappa shape index (κ2) is 9.07. The number of rotatable bonds is 8. The Bertz CT molecular complexity index is 989. The molecular formula is C21H21NO6S. The van der Waals surface area contributed by atoms with E-state index < -0.39 is 14.6 Å². The Hall–Kier alpha value is -2.89. The zero-order chi connectivity index (χ0) is 20.7. The Balaban J connectivity index is 1.58. The molecule has 0 unspecified atom stereocenters. The van der Waals surface area contributed by atoms with E-state index in [0.29, 0.717) is 23.3 Å². The minimum atomic E-state index is -3.81. The van der Waals surface area contributed by atoms with E-state index in [-0.39, 0.29) is 44.2 Å². The van der Waals surface area contributed by atoms with Crippen LogP contribution in [0.3, 0.4) is 0 Å². The quantitative estimate of drug-likeness (QED) is 0.482. The van der Waals surface area contributed by atoms with E-state index in [1.165, 1.54) is 12.1 Å². The first-order valence-corrected chi connectivity index (χ1v) is 10.6. The largest absolute Gasteiger partial charge is 0.490 e. The molecule has 0 atom stereocenters. The molecule has 0 saturated carbocycles. The topological polar surface area (TPSA) is 103 Å². The Morgan fingerprint density at radius 1 is 1.03 bits per heavy atom. The zero-order valence-electron chi connectivity index (χ0n) is 15.7. The molecule has 0 N–H and O–H groups in total. The summed E-state index contributed by atoms with van der Waals surface area (Å²) in [6, 6.07) is 14.9. The molecular weight excluding hydrogens is 394 g/mol. The zero-order valence-corrected chi connectivity index (χ0v) is 16.6. The van der Waals surface area contributed by atoms with Gasteiger partial charge in [-0.2, -0.15) is 5.26 Å². The molecule has 1 saturated heterocycles. The van der Waals surface area contributed by atoms with Gasteiger partial charge in [-0.25, -0.2) is 8.42 Å². The van der Waals surface area contributed by atoms with Crippen LogP contribution in [-0.4, -0.2) is 45.9 Å². The SMILES string of the molecule is N#Cc1cccc(OCCOc2ccc(S(=O)(=O)C3(C=O)CCOCC3)cc2)c1. The van der Waals surface area contributed by atoms with E-state index in [4.69, 9.17) is 19.5 Å². The number of nitriles is 1. The van der Waals surface area contributed by atoms with Gasteiger partial charge < -0.3 is 19.0 Å². The minimum Gasteiger partial charge on any atom is -0.490 e. The molecule has 0 radical (unpaired) electrons. The minimum absolute atomic E-state index is 0.0865. The Kier molecular flexibility index (Phi) is 6.52. The van der Waals surface area contributed by atoms with E-state index in [2.05, 4.69) is 0 Å². The highest BCUT2D eigenvalue weighted by atomic mass is 32.2. The summed E-state index contributed by atoms with van der Waals surface area (Å²) in [6.07, 6.45) is 0.844. The summed E-state index contributed by atoms with van der Waals surface area (Å²) in [4.78, 5) is 11.7. The van der Waals surface area contributed by atoms with Crippen molar-refractivity contribution in [3.8, 4) is 17.6 Å². The summed E-state index contributed by atoms with van der Waals surface area (Å²) in [5.41, 5.74) is 0.512. The van der Waals surface area contributed by atoms with E-state index >= 15 is 0 Å². The van der Waals surface area contributed by atoms with Crippen molar-refractivity contribution in [3.05, 3.63) is 54.1 Å². The van der Waals surface area contributed by atoms with Crippen LogP contribution in [0.15, 0.2) is 53.4 Å². The van der Waals surface area contributed by atoms with Gasteiger partial charge in [0, 0.05) is 13.2 Å². The van der Waals surface area contributed by atoms with Crippen molar-refractivity contribution in [3.63, 3.8) is 0 Å². The predicted octanol–water partition coefficient (Wildman–Crippen LogP) is 2.54. The van der Waals surface area contributed by atoms with E-state index in [9.17, 15) is 13.2 Å². The van der Waals surface area contributed by atoms with Crippen molar-refractivity contribution in [2.45, 2.75) is 22.5 Å². The monoisotopic (exact) mass is 415 g/mol. The van der Waals surface area contributed by atoms with Crippen LogP contribution in [0, 0.1) is 11.3 Å². The molecule has 2 aromatic rings. The summed E-state index contributed by atoms with van der Waals surface area (Å²) < 4.78 is 40.8. The molecule has 2 aromatic carbocycles. The van der Waals surface area contributed by atoms with Gasteiger partial charge in [0.2, 0.25) is 0 Å². The molecule has 152 valence electrons. The van der Waals surface area contributed by atoms with Crippen molar-refractivity contribution in [2.24, 2.45) is 0 Å². The maximum atomic E-state index is 13.0. The van der Waals surface area contributed by atoms with Gasteiger partial charge in [-0.1, -0.05) is 6.07 Å². The molecule has 1 aliphatic heterocycles. The molecule has 0 amide bonds. The normalized spacial score (nSPS) is 15.8. The van der Waals surface area contributed by atoms with Crippen LogP contribution in [0.25, 0.3) is 0 Å². The predicted molar refractivity (Wildman–Crippen MR) is 105 cm³/mol. The fraction of sp³-hybridized carbons (Fsp3) is 0.333. The first kappa shape index (κ1) is 20.8. The summed E-state index contributed by atoms with van der Waals surface area (Å²) >= 11 is 0. The summed E-state index contributed by atoms with van der Waals surface area (Å²) in [7, 11) is -3.81. The molecule has 8 heteroatoms. The standard InChI is InChI=1S/C21H21NO6S/c22-15-17-2-1-3-19(14-17)28-13-12-27-18-4-6-20(7-5-18)29(24,25)21(16-23)8-10-26-11-9-21/h1-7,14,16H,8-13H2. The third kappa shape index (κ3) is 4.58. The molecule has 1 fully saturated rings. The maximum Gasteiger partial charge on any atom is 0.191 e. The number of carbonyl (C=O) groups is 1. The maximum absolute atomic E-state index is 13.0. The third-order valence-electron chi connectivity index (χ3n) is 4.81. The number of hydrogen-bond donors (Lipinski definition) is 0. The van der Waals surface area contributed by atoms with E-state index in [1.54, 1.807) is 36.4 Å². The Morgan fingerprint density at radius 2 is 1.69 bits per heavy atom. The fourth-order valence-electron chi connectivity index (χ4n) is 3.09. The molecule has 0 aliphatic carbocycles. The van der Waals surface area contributed by atoms with Gasteiger partial charge in [-0.05, 0) is 55.3 Å². The molecule has 1 aliphatic rings. The third-order valence-corrected chi connectivity index (χ3v) is 7.27. The van der Waals surface area contributed by atoms with Gasteiger partial charge in [0.25, 0.3) is 0 Å². The van der Waals surface area contributed by atoms with Crippen LogP contribution < -0.4 is 9.47 Å². The van der Waals surface area contributed by atoms with Gasteiger partial charge >= 0.3 is 0 Å². The second-order valence-corrected chi connectivity index (χ2v) is 8.90. The highest BCUT2D eigenvalue weighted by Gasteiger charge is 2.45. The average Bonchev–Trinajstić information content (AvgIpc) is 2.77. The highest BCUT2D eigenvalue weighted by Crippen LogP contribution is 2.33. The molecule has 0 bridgehead atoms. The lowest BCUT2D eigenvalue weighted by Crippen LogP contribution is -2.45. The molecule has 1 heterocycles. The fourth-order valence-corrected chi connectivity index (χ4v) is 4.89. The summed E-state index contributed by atoms with van der Waals surface area (Å²) in [6.45, 7) is 1.01. The molecule has 7 nitrogen and oxygen atoms in total. The van der Waals surface area contributed by atoms with Crippen molar-refractivity contribution in [1.29, 1.82) is 5.26 Å². The van der Waals surface area contributed by atoms with Crippen molar-refractivity contribution in [2.75, 3.05) is 26.4 Å². The number of ether oxygens (including phenoxy) is 3. The Morgan fingerprint density at radius 3 is 2.31 bits per heavy atom. The first-order chi connectivity index (χ1) is 14.0. The number of aldehydes is 1. The lowest BCUT2D eigenvalue weighted by Gasteiger charge is -2.31. The first-order valence-electron chi connectivity index (χ1n) is 9.15. The molecule has 0 spiro atoms. The van der Waals surface area contributed by atoms with Crippen LogP contribution in [-0.2, 0) is 19.4 Å². The Labute approximate surface area is 169 Å². The second-order valence-electron chi connectivity index (χ2n) is 6.61. The average molecular weight is 415 g/mol. The van der Waals surface area contributed by atoms with Crippen LogP contribution in [0.1, 0.15) is 18.4 Å². The van der Waals surface area contributed by atoms with Crippen molar-refractivity contribution < 1.29 is 27.4 Å². The number of sulfone groups is 1. The van der Waals surface area contributed by atoms with Crippen molar-refractivity contribution in [1.82, 2.24) is 0 Å². The van der Waals surface area contributed by atoms with Gasteiger partial charge in [-0.15, -0.1) is 0 Å². The summed E-state index contributed by atoms with van der Waals surface area (Å²) in [5.74, 6) is 1.06. The van der Waals surface area contributed by atoms with Gasteiger partial charge in [0.1, 0.15) is 35.7 Å². The highest BCUT2D eigenvalue weighted by molar-refractivity contribution is 7.93. The lowest BCUT2D eigenvalue weighted by molar-refractivity contribution is -0.112. The molecule has 0 aromatic heterocycles. The van der Waals surface area contributed by atoms with Gasteiger partial charge in [0.15, 0.2) is 9.84 Å². The van der Waals surface area contributed by atoms with Gasteiger partial charge in [-0.3, -0.25) is 0 Å². The van der Waals surface area contributed by atoms with Crippen LogP contribution in [0.4, 0.5) is 0 Å². The lowest BCUT2D eigenvalue weighted by atomic mass is 10.0. The molecule has 29 heavy (non-hydrogen) atoms. The number of benzene rings is 2. The van der Waals surface area contributed by atoms with Crippen LogP contribution in [0.2, 0.25) is 0 Å². The van der Waals surface area contributed by atoms with Crippen molar-refractivity contribution >= 4 is 16.1 Å². The number of nitrogens with zero attached hydrogens (tertiary/aromatic N) is 1. The summed E-state index contributed by atoms with van der Waals surface area (Å²) in [5, 5.41) is 8.88.